The van der Waals surface area contributed by atoms with Gasteiger partial charge in [-0.3, -0.25) is 0 Å². The molecule has 3 nitrogen and oxygen atoms in total. The van der Waals surface area contributed by atoms with Gasteiger partial charge in [-0.1, -0.05) is 24.6 Å². The van der Waals surface area contributed by atoms with Crippen LogP contribution in [0.5, 0.6) is 11.6 Å². The number of nitrogens with zero attached hydrogens (tertiary/aromatic N) is 1. The topological polar surface area (TPSA) is 34.1 Å². The highest BCUT2D eigenvalue weighted by Gasteiger charge is 2.05. The molecule has 106 valence electrons. The minimum atomic E-state index is -0.346. The molecule has 0 aliphatic rings. The van der Waals surface area contributed by atoms with Crippen LogP contribution in [0.15, 0.2) is 36.5 Å². The van der Waals surface area contributed by atoms with E-state index in [1.54, 1.807) is 24.4 Å². The Kier molecular flexibility index (Phi) is 5.32. The second-order valence-electron chi connectivity index (χ2n) is 4.35. The molecule has 1 aromatic heterocycles. The van der Waals surface area contributed by atoms with Gasteiger partial charge in [0, 0.05) is 24.9 Å². The fraction of sp³-hybridized carbons (Fsp3) is 0.267. The summed E-state index contributed by atoms with van der Waals surface area (Å²) >= 11 is 6.09. The van der Waals surface area contributed by atoms with Crippen LogP contribution in [0, 0.1) is 5.82 Å². The van der Waals surface area contributed by atoms with Gasteiger partial charge >= 0.3 is 0 Å². The summed E-state index contributed by atoms with van der Waals surface area (Å²) in [6.45, 7) is 3.66. The molecule has 0 amide bonds. The second-order valence-corrected chi connectivity index (χ2v) is 4.76. The third-order valence-corrected chi connectivity index (χ3v) is 3.01. The van der Waals surface area contributed by atoms with Crippen molar-refractivity contribution in [3.63, 3.8) is 0 Å². The van der Waals surface area contributed by atoms with Crippen molar-refractivity contribution in [2.45, 2.75) is 19.9 Å². The van der Waals surface area contributed by atoms with Crippen LogP contribution in [0.1, 0.15) is 18.9 Å². The van der Waals surface area contributed by atoms with Crippen molar-refractivity contribution in [1.82, 2.24) is 10.3 Å². The van der Waals surface area contributed by atoms with E-state index in [1.807, 2.05) is 0 Å². The number of ether oxygens (including phenoxy) is 1. The van der Waals surface area contributed by atoms with Crippen LogP contribution in [-0.4, -0.2) is 11.5 Å². The quantitative estimate of drug-likeness (QED) is 0.812. The Hall–Kier alpha value is -1.65. The van der Waals surface area contributed by atoms with E-state index in [9.17, 15) is 4.39 Å². The van der Waals surface area contributed by atoms with Crippen LogP contribution in [0.4, 0.5) is 4.39 Å². The first-order valence-corrected chi connectivity index (χ1v) is 6.85. The fourth-order valence-corrected chi connectivity index (χ4v) is 1.87. The zero-order chi connectivity index (χ0) is 14.4. The van der Waals surface area contributed by atoms with E-state index in [0.29, 0.717) is 23.2 Å². The molecule has 0 atom stereocenters. The van der Waals surface area contributed by atoms with Crippen molar-refractivity contribution in [2.75, 3.05) is 6.54 Å². The molecule has 2 rings (SSSR count). The molecule has 1 aromatic carbocycles. The zero-order valence-electron chi connectivity index (χ0n) is 11.2. The third kappa shape index (κ3) is 4.18. The van der Waals surface area contributed by atoms with Gasteiger partial charge in [0.05, 0.1) is 5.02 Å². The molecule has 0 aliphatic carbocycles. The summed E-state index contributed by atoms with van der Waals surface area (Å²) in [5.41, 5.74) is 0.904. The van der Waals surface area contributed by atoms with E-state index in [0.717, 1.165) is 18.5 Å². The number of hydrogen-bond donors (Lipinski definition) is 1. The number of aromatic nitrogens is 1. The lowest BCUT2D eigenvalue weighted by Gasteiger charge is -2.09. The van der Waals surface area contributed by atoms with E-state index < -0.39 is 0 Å². The van der Waals surface area contributed by atoms with Crippen LogP contribution in [0.2, 0.25) is 5.02 Å². The molecular formula is C15H16ClFN2O. The van der Waals surface area contributed by atoms with Crippen LogP contribution in [-0.2, 0) is 6.54 Å². The summed E-state index contributed by atoms with van der Waals surface area (Å²) < 4.78 is 18.6. The summed E-state index contributed by atoms with van der Waals surface area (Å²) in [6.07, 6.45) is 2.59. The number of hydrogen-bond acceptors (Lipinski definition) is 3. The second kappa shape index (κ2) is 7.22. The molecule has 1 heterocycles. The Morgan fingerprint density at radius 1 is 1.35 bits per heavy atom. The number of rotatable bonds is 6. The predicted octanol–water partition coefficient (Wildman–Crippen LogP) is 4.17. The zero-order valence-corrected chi connectivity index (χ0v) is 12.0. The maximum Gasteiger partial charge on any atom is 0.219 e. The van der Waals surface area contributed by atoms with E-state index in [2.05, 4.69) is 17.2 Å². The molecule has 0 saturated carbocycles. The number of halogens is 2. The number of pyridine rings is 1. The van der Waals surface area contributed by atoms with Gasteiger partial charge in [-0.05, 0) is 30.7 Å². The van der Waals surface area contributed by atoms with Crippen molar-refractivity contribution in [3.05, 3.63) is 52.9 Å². The van der Waals surface area contributed by atoms with E-state index in [4.69, 9.17) is 16.3 Å². The SMILES string of the molecule is CCCNCc1cc(Oc2cccc(F)c2)ncc1Cl. The summed E-state index contributed by atoms with van der Waals surface area (Å²) in [5.74, 6) is 0.460. The first-order chi connectivity index (χ1) is 9.69. The van der Waals surface area contributed by atoms with Gasteiger partial charge in [-0.2, -0.15) is 0 Å². The molecular weight excluding hydrogens is 279 g/mol. The lowest BCUT2D eigenvalue weighted by Crippen LogP contribution is -2.14. The molecule has 0 aliphatic heterocycles. The van der Waals surface area contributed by atoms with Crippen LogP contribution < -0.4 is 10.1 Å². The van der Waals surface area contributed by atoms with Crippen LogP contribution in [0.3, 0.4) is 0 Å². The Morgan fingerprint density at radius 2 is 2.20 bits per heavy atom. The molecule has 5 heteroatoms. The molecule has 0 radical (unpaired) electrons. The molecule has 20 heavy (non-hydrogen) atoms. The van der Waals surface area contributed by atoms with Crippen molar-refractivity contribution >= 4 is 11.6 Å². The largest absolute Gasteiger partial charge is 0.439 e. The lowest BCUT2D eigenvalue weighted by atomic mass is 10.2. The maximum atomic E-state index is 13.1. The van der Waals surface area contributed by atoms with Gasteiger partial charge in [0.25, 0.3) is 0 Å². The Morgan fingerprint density at radius 3 is 2.95 bits per heavy atom. The van der Waals surface area contributed by atoms with Crippen LogP contribution in [0.25, 0.3) is 0 Å². The summed E-state index contributed by atoms with van der Waals surface area (Å²) in [5, 5.41) is 3.85. The standard InChI is InChI=1S/C15H16ClFN2O/c1-2-6-18-9-11-7-15(19-10-14(11)16)20-13-5-3-4-12(17)8-13/h3-5,7-8,10,18H,2,6,9H2,1H3. The Balaban J connectivity index is 2.10. The van der Waals surface area contributed by atoms with E-state index in [1.165, 1.54) is 12.1 Å². The Bertz CT molecular complexity index is 578. The smallest absolute Gasteiger partial charge is 0.219 e. The normalized spacial score (nSPS) is 10.6. The molecule has 0 unspecified atom stereocenters. The predicted molar refractivity (Wildman–Crippen MR) is 77.7 cm³/mol. The Labute approximate surface area is 122 Å². The summed E-state index contributed by atoms with van der Waals surface area (Å²) in [7, 11) is 0. The molecule has 0 spiro atoms. The molecule has 1 N–H and O–H groups in total. The van der Waals surface area contributed by atoms with Crippen molar-refractivity contribution in [2.24, 2.45) is 0 Å². The number of nitrogens with one attached hydrogen (secondary N) is 1. The highest BCUT2D eigenvalue weighted by atomic mass is 35.5. The fourth-order valence-electron chi connectivity index (χ4n) is 1.70. The summed E-state index contributed by atoms with van der Waals surface area (Å²) in [6, 6.07) is 7.70. The molecule has 2 aromatic rings. The highest BCUT2D eigenvalue weighted by molar-refractivity contribution is 6.31. The van der Waals surface area contributed by atoms with Crippen molar-refractivity contribution in [3.8, 4) is 11.6 Å². The van der Waals surface area contributed by atoms with E-state index in [-0.39, 0.29) is 5.82 Å². The van der Waals surface area contributed by atoms with Crippen molar-refractivity contribution < 1.29 is 9.13 Å². The third-order valence-electron chi connectivity index (χ3n) is 2.67. The average Bonchev–Trinajstić information content (AvgIpc) is 2.42. The summed E-state index contributed by atoms with van der Waals surface area (Å²) in [4.78, 5) is 4.09. The van der Waals surface area contributed by atoms with Gasteiger partial charge in [-0.15, -0.1) is 0 Å². The van der Waals surface area contributed by atoms with Crippen molar-refractivity contribution in [1.29, 1.82) is 0 Å². The van der Waals surface area contributed by atoms with Gasteiger partial charge in [0.2, 0.25) is 5.88 Å². The minimum absolute atomic E-state index is 0.346. The first kappa shape index (κ1) is 14.8. The van der Waals surface area contributed by atoms with Gasteiger partial charge in [-0.25, -0.2) is 9.37 Å². The molecule has 0 bridgehead atoms. The van der Waals surface area contributed by atoms with Crippen LogP contribution >= 0.6 is 11.6 Å². The van der Waals surface area contributed by atoms with Gasteiger partial charge in [0.1, 0.15) is 11.6 Å². The lowest BCUT2D eigenvalue weighted by molar-refractivity contribution is 0.457. The average molecular weight is 295 g/mol. The highest BCUT2D eigenvalue weighted by Crippen LogP contribution is 2.24. The van der Waals surface area contributed by atoms with E-state index >= 15 is 0 Å². The monoisotopic (exact) mass is 294 g/mol. The minimum Gasteiger partial charge on any atom is -0.439 e. The van der Waals surface area contributed by atoms with Gasteiger partial charge in [0.15, 0.2) is 0 Å². The van der Waals surface area contributed by atoms with Gasteiger partial charge < -0.3 is 10.1 Å². The molecule has 0 fully saturated rings. The molecule has 0 saturated heterocycles. The first-order valence-electron chi connectivity index (χ1n) is 6.47. The number of benzene rings is 1. The maximum absolute atomic E-state index is 13.1.